The van der Waals surface area contributed by atoms with Crippen molar-refractivity contribution in [3.8, 4) is 11.5 Å². The van der Waals surface area contributed by atoms with Gasteiger partial charge in [-0.25, -0.2) is 0 Å². The first-order valence-electron chi connectivity index (χ1n) is 5.62. The second kappa shape index (κ2) is 5.90. The number of hydrogen-bond acceptors (Lipinski definition) is 6. The van der Waals surface area contributed by atoms with E-state index in [1.165, 1.54) is 7.11 Å². The minimum Gasteiger partial charge on any atom is -0.493 e. The van der Waals surface area contributed by atoms with Crippen LogP contribution in [0.1, 0.15) is 17.3 Å². The van der Waals surface area contributed by atoms with E-state index in [4.69, 9.17) is 31.2 Å². The molecule has 0 radical (unpaired) electrons. The van der Waals surface area contributed by atoms with Gasteiger partial charge in [-0.05, 0) is 6.07 Å². The third-order valence-corrected chi connectivity index (χ3v) is 2.66. The van der Waals surface area contributed by atoms with Crippen LogP contribution in [0.25, 0.3) is 0 Å². The molecule has 0 saturated carbocycles. The van der Waals surface area contributed by atoms with Crippen molar-refractivity contribution in [2.75, 3.05) is 7.11 Å². The Balaban J connectivity index is 2.23. The van der Waals surface area contributed by atoms with Crippen molar-refractivity contribution in [3.63, 3.8) is 0 Å². The number of methoxy groups -OCH3 is 1. The zero-order chi connectivity index (χ0) is 13.8. The van der Waals surface area contributed by atoms with Gasteiger partial charge in [-0.2, -0.15) is 0 Å². The molecule has 2 rings (SSSR count). The van der Waals surface area contributed by atoms with E-state index in [1.807, 2.05) is 0 Å². The molecule has 0 aliphatic heterocycles. The highest BCUT2D eigenvalue weighted by atomic mass is 35.5. The fourth-order valence-electron chi connectivity index (χ4n) is 1.62. The van der Waals surface area contributed by atoms with Crippen LogP contribution < -0.4 is 15.2 Å². The highest BCUT2D eigenvalue weighted by Gasteiger charge is 2.13. The molecule has 1 heterocycles. The second-order valence-corrected chi connectivity index (χ2v) is 4.24. The third kappa shape index (κ3) is 3.15. The molecule has 0 amide bonds. The Morgan fingerprint density at radius 2 is 2.16 bits per heavy atom. The van der Waals surface area contributed by atoms with Crippen LogP contribution in [0.3, 0.4) is 0 Å². The van der Waals surface area contributed by atoms with E-state index in [-0.39, 0.29) is 13.2 Å². The molecule has 1 aromatic carbocycles. The molecule has 0 atom stereocenters. The smallest absolute Gasteiger partial charge is 0.253 e. The lowest BCUT2D eigenvalue weighted by Gasteiger charge is -2.13. The molecule has 0 fully saturated rings. The van der Waals surface area contributed by atoms with Gasteiger partial charge in [0.1, 0.15) is 0 Å². The summed E-state index contributed by atoms with van der Waals surface area (Å²) in [5.41, 5.74) is 6.42. The van der Waals surface area contributed by atoms with Gasteiger partial charge in [0.05, 0.1) is 7.11 Å². The van der Waals surface area contributed by atoms with Crippen molar-refractivity contribution in [1.82, 2.24) is 10.2 Å². The van der Waals surface area contributed by atoms with Crippen LogP contribution in [-0.4, -0.2) is 17.3 Å². The van der Waals surface area contributed by atoms with Crippen LogP contribution in [0, 0.1) is 6.92 Å². The van der Waals surface area contributed by atoms with E-state index in [0.29, 0.717) is 28.3 Å². The van der Waals surface area contributed by atoms with Gasteiger partial charge in [-0.1, -0.05) is 11.6 Å². The van der Waals surface area contributed by atoms with E-state index in [2.05, 4.69) is 10.2 Å². The fourth-order valence-corrected chi connectivity index (χ4v) is 1.85. The van der Waals surface area contributed by atoms with Gasteiger partial charge in [0.15, 0.2) is 18.1 Å². The van der Waals surface area contributed by atoms with Crippen LogP contribution in [0.2, 0.25) is 5.02 Å². The Hall–Kier alpha value is -1.79. The monoisotopic (exact) mass is 283 g/mol. The Kier molecular flexibility index (Phi) is 4.24. The SMILES string of the molecule is COc1cc(Cl)cc(CN)c1OCc1nnc(C)o1. The fraction of sp³-hybridized carbons (Fsp3) is 0.333. The van der Waals surface area contributed by atoms with Gasteiger partial charge in [0, 0.05) is 30.1 Å². The van der Waals surface area contributed by atoms with Crippen LogP contribution in [0.15, 0.2) is 16.5 Å². The van der Waals surface area contributed by atoms with Crippen LogP contribution >= 0.6 is 11.6 Å². The Labute approximate surface area is 115 Å². The van der Waals surface area contributed by atoms with Crippen molar-refractivity contribution >= 4 is 11.6 Å². The van der Waals surface area contributed by atoms with E-state index in [0.717, 1.165) is 5.56 Å². The number of nitrogens with two attached hydrogens (primary N) is 1. The molecule has 0 bridgehead atoms. The minimum atomic E-state index is 0.145. The highest BCUT2D eigenvalue weighted by molar-refractivity contribution is 6.30. The first-order valence-corrected chi connectivity index (χ1v) is 6.00. The number of benzene rings is 1. The summed E-state index contributed by atoms with van der Waals surface area (Å²) < 4.78 is 16.1. The predicted octanol–water partition coefficient (Wildman–Crippen LogP) is 2.08. The average molecular weight is 284 g/mol. The maximum absolute atomic E-state index is 5.97. The maximum atomic E-state index is 5.97. The Morgan fingerprint density at radius 1 is 1.37 bits per heavy atom. The second-order valence-electron chi connectivity index (χ2n) is 3.80. The first kappa shape index (κ1) is 13.6. The Morgan fingerprint density at radius 3 is 2.74 bits per heavy atom. The number of aryl methyl sites for hydroxylation is 1. The van der Waals surface area contributed by atoms with Crippen LogP contribution in [0.4, 0.5) is 0 Å². The van der Waals surface area contributed by atoms with E-state index in [1.54, 1.807) is 19.1 Å². The molecule has 102 valence electrons. The van der Waals surface area contributed by atoms with Gasteiger partial charge in [-0.15, -0.1) is 10.2 Å². The molecule has 0 aliphatic rings. The number of ether oxygens (including phenoxy) is 2. The quantitative estimate of drug-likeness (QED) is 0.904. The molecule has 2 N–H and O–H groups in total. The molecular formula is C12H14ClN3O3. The first-order chi connectivity index (χ1) is 9.13. The van der Waals surface area contributed by atoms with Crippen LogP contribution in [-0.2, 0) is 13.2 Å². The van der Waals surface area contributed by atoms with E-state index < -0.39 is 0 Å². The molecular weight excluding hydrogens is 270 g/mol. The van der Waals surface area contributed by atoms with E-state index >= 15 is 0 Å². The summed E-state index contributed by atoms with van der Waals surface area (Å²) in [4.78, 5) is 0. The molecule has 0 spiro atoms. The summed E-state index contributed by atoms with van der Waals surface area (Å²) in [5.74, 6) is 1.92. The molecule has 19 heavy (non-hydrogen) atoms. The summed E-state index contributed by atoms with van der Waals surface area (Å²) in [6.07, 6.45) is 0. The van der Waals surface area contributed by atoms with Crippen molar-refractivity contribution < 1.29 is 13.9 Å². The third-order valence-electron chi connectivity index (χ3n) is 2.44. The average Bonchev–Trinajstić information content (AvgIpc) is 2.81. The van der Waals surface area contributed by atoms with Gasteiger partial charge < -0.3 is 19.6 Å². The minimum absolute atomic E-state index is 0.145. The number of halogens is 1. The molecule has 0 aliphatic carbocycles. The van der Waals surface area contributed by atoms with E-state index in [9.17, 15) is 0 Å². The van der Waals surface area contributed by atoms with Crippen LogP contribution in [0.5, 0.6) is 11.5 Å². The van der Waals surface area contributed by atoms with Gasteiger partial charge in [0.2, 0.25) is 5.89 Å². The van der Waals surface area contributed by atoms with Gasteiger partial charge in [-0.3, -0.25) is 0 Å². The zero-order valence-corrected chi connectivity index (χ0v) is 11.4. The number of nitrogens with zero attached hydrogens (tertiary/aromatic N) is 2. The van der Waals surface area contributed by atoms with Crippen molar-refractivity contribution in [2.24, 2.45) is 5.73 Å². The normalized spacial score (nSPS) is 10.5. The summed E-state index contributed by atoms with van der Waals surface area (Å²) >= 11 is 5.97. The maximum Gasteiger partial charge on any atom is 0.253 e. The predicted molar refractivity (Wildman–Crippen MR) is 69.3 cm³/mol. The lowest BCUT2D eigenvalue weighted by atomic mass is 10.2. The molecule has 2 aromatic rings. The summed E-state index contributed by atoms with van der Waals surface area (Å²) in [5, 5.41) is 8.11. The summed E-state index contributed by atoms with van der Waals surface area (Å²) in [6, 6.07) is 3.40. The standard InChI is InChI=1S/C12H14ClN3O3/c1-7-15-16-11(19-7)6-18-12-8(5-14)3-9(13)4-10(12)17-2/h3-4H,5-6,14H2,1-2H3. The summed E-state index contributed by atoms with van der Waals surface area (Å²) in [6.45, 7) is 2.14. The lowest BCUT2D eigenvalue weighted by Crippen LogP contribution is -2.05. The molecule has 6 nitrogen and oxygen atoms in total. The molecule has 0 unspecified atom stereocenters. The van der Waals surface area contributed by atoms with Gasteiger partial charge >= 0.3 is 0 Å². The molecule has 7 heteroatoms. The summed E-state index contributed by atoms with van der Waals surface area (Å²) in [7, 11) is 1.54. The molecule has 1 aromatic heterocycles. The van der Waals surface area contributed by atoms with Gasteiger partial charge in [0.25, 0.3) is 5.89 Å². The Bertz CT molecular complexity index is 546. The largest absolute Gasteiger partial charge is 0.493 e. The zero-order valence-electron chi connectivity index (χ0n) is 10.6. The number of rotatable bonds is 5. The molecule has 0 saturated heterocycles. The van der Waals surface area contributed by atoms with Crippen molar-refractivity contribution in [1.29, 1.82) is 0 Å². The van der Waals surface area contributed by atoms with Crippen molar-refractivity contribution in [3.05, 3.63) is 34.5 Å². The number of hydrogen-bond donors (Lipinski definition) is 1. The highest BCUT2D eigenvalue weighted by Crippen LogP contribution is 2.34. The lowest BCUT2D eigenvalue weighted by molar-refractivity contribution is 0.245. The van der Waals surface area contributed by atoms with Crippen molar-refractivity contribution in [2.45, 2.75) is 20.1 Å². The number of aromatic nitrogens is 2. The topological polar surface area (TPSA) is 83.4 Å².